The van der Waals surface area contributed by atoms with Crippen molar-refractivity contribution < 1.29 is 9.21 Å². The highest BCUT2D eigenvalue weighted by atomic mass is 32.1. The quantitative estimate of drug-likeness (QED) is 0.919. The van der Waals surface area contributed by atoms with Crippen molar-refractivity contribution in [2.45, 2.75) is 33.2 Å². The van der Waals surface area contributed by atoms with E-state index in [1.807, 2.05) is 32.2 Å². The summed E-state index contributed by atoms with van der Waals surface area (Å²) in [5, 5.41) is 5.05. The summed E-state index contributed by atoms with van der Waals surface area (Å²) in [6.45, 7) is 5.67. The Kier molecular flexibility index (Phi) is 3.87. The number of nitrogens with one attached hydrogen (secondary N) is 1. The molecule has 96 valence electrons. The maximum absolute atomic E-state index is 12.1. The number of furan rings is 1. The predicted octanol–water partition coefficient (Wildman–Crippen LogP) is 3.32. The minimum atomic E-state index is -0.0617. The van der Waals surface area contributed by atoms with Gasteiger partial charge in [-0.1, -0.05) is 6.07 Å². The van der Waals surface area contributed by atoms with Crippen LogP contribution in [0.25, 0.3) is 0 Å². The lowest BCUT2D eigenvalue weighted by atomic mass is 10.1. The molecule has 0 aromatic carbocycles. The molecular weight excluding hydrogens is 246 g/mol. The lowest BCUT2D eigenvalue weighted by molar-refractivity contribution is 0.0938. The minimum absolute atomic E-state index is 0.0617. The molecule has 0 unspecified atom stereocenters. The van der Waals surface area contributed by atoms with Gasteiger partial charge in [0.25, 0.3) is 5.91 Å². The van der Waals surface area contributed by atoms with E-state index in [2.05, 4.69) is 11.4 Å². The molecule has 1 N–H and O–H groups in total. The number of thiophene rings is 1. The van der Waals surface area contributed by atoms with E-state index in [-0.39, 0.29) is 11.9 Å². The maximum atomic E-state index is 12.1. The van der Waals surface area contributed by atoms with Crippen LogP contribution in [0.5, 0.6) is 0 Å². The monoisotopic (exact) mass is 263 g/mol. The lowest BCUT2D eigenvalue weighted by Crippen LogP contribution is -2.34. The van der Waals surface area contributed by atoms with Gasteiger partial charge in [-0.3, -0.25) is 4.79 Å². The molecule has 0 aliphatic carbocycles. The van der Waals surface area contributed by atoms with Crippen LogP contribution < -0.4 is 5.32 Å². The minimum Gasteiger partial charge on any atom is -0.466 e. The average Bonchev–Trinajstić information content (AvgIpc) is 2.88. The molecule has 0 spiro atoms. The van der Waals surface area contributed by atoms with Crippen LogP contribution in [0.1, 0.15) is 33.7 Å². The fraction of sp³-hybridized carbons (Fsp3) is 0.357. The Balaban J connectivity index is 1.97. The van der Waals surface area contributed by atoms with Gasteiger partial charge in [-0.05, 0) is 38.3 Å². The summed E-state index contributed by atoms with van der Waals surface area (Å²) >= 11 is 1.71. The fourth-order valence-corrected chi connectivity index (χ4v) is 2.77. The van der Waals surface area contributed by atoms with E-state index in [4.69, 9.17) is 4.42 Å². The topological polar surface area (TPSA) is 42.2 Å². The summed E-state index contributed by atoms with van der Waals surface area (Å²) in [6, 6.07) is 6.01. The third-order valence-corrected chi connectivity index (χ3v) is 3.65. The van der Waals surface area contributed by atoms with Crippen molar-refractivity contribution in [2.75, 3.05) is 0 Å². The van der Waals surface area contributed by atoms with E-state index < -0.39 is 0 Å². The third kappa shape index (κ3) is 3.01. The van der Waals surface area contributed by atoms with Crippen LogP contribution in [-0.2, 0) is 6.42 Å². The number of rotatable bonds is 4. The normalized spacial score (nSPS) is 12.4. The molecule has 1 atom stereocenters. The number of carbonyl (C=O) groups is 1. The zero-order valence-electron chi connectivity index (χ0n) is 10.8. The highest BCUT2D eigenvalue weighted by Crippen LogP contribution is 2.15. The fourth-order valence-electron chi connectivity index (χ4n) is 1.94. The molecule has 0 radical (unpaired) electrons. The molecule has 1 amide bonds. The Bertz CT molecular complexity index is 528. The zero-order chi connectivity index (χ0) is 13.1. The van der Waals surface area contributed by atoms with Gasteiger partial charge in [-0.2, -0.15) is 0 Å². The van der Waals surface area contributed by atoms with Crippen LogP contribution in [-0.4, -0.2) is 11.9 Å². The Morgan fingerprint density at radius 2 is 2.28 bits per heavy atom. The molecule has 0 bridgehead atoms. The van der Waals surface area contributed by atoms with E-state index in [0.717, 1.165) is 12.2 Å². The van der Waals surface area contributed by atoms with Gasteiger partial charge in [0.1, 0.15) is 11.5 Å². The molecule has 0 fully saturated rings. The van der Waals surface area contributed by atoms with Gasteiger partial charge in [-0.15, -0.1) is 11.3 Å². The van der Waals surface area contributed by atoms with Crippen molar-refractivity contribution in [3.8, 4) is 0 Å². The Morgan fingerprint density at radius 1 is 1.50 bits per heavy atom. The summed E-state index contributed by atoms with van der Waals surface area (Å²) in [4.78, 5) is 13.3. The highest BCUT2D eigenvalue weighted by Gasteiger charge is 2.15. The molecule has 2 aromatic rings. The van der Waals surface area contributed by atoms with Gasteiger partial charge in [0.15, 0.2) is 0 Å². The van der Waals surface area contributed by atoms with E-state index in [9.17, 15) is 4.79 Å². The van der Waals surface area contributed by atoms with Gasteiger partial charge in [0.05, 0.1) is 5.56 Å². The molecule has 2 heterocycles. The smallest absolute Gasteiger partial charge is 0.255 e. The Hall–Kier alpha value is -1.55. The first-order valence-electron chi connectivity index (χ1n) is 5.96. The van der Waals surface area contributed by atoms with Crippen molar-refractivity contribution in [1.82, 2.24) is 5.32 Å². The summed E-state index contributed by atoms with van der Waals surface area (Å²) in [5.74, 6) is 1.38. The summed E-state index contributed by atoms with van der Waals surface area (Å²) < 4.78 is 5.36. The van der Waals surface area contributed by atoms with Gasteiger partial charge < -0.3 is 9.73 Å². The lowest BCUT2D eigenvalue weighted by Gasteiger charge is -2.12. The van der Waals surface area contributed by atoms with Crippen LogP contribution in [0.4, 0.5) is 0 Å². The molecule has 0 aliphatic heterocycles. The van der Waals surface area contributed by atoms with Gasteiger partial charge in [0, 0.05) is 17.3 Å². The standard InChI is InChI=1S/C14H17NO2S/c1-9(7-12-5-4-6-18-12)15-14(16)13-8-10(2)17-11(13)3/h4-6,8-9H,7H2,1-3H3,(H,15,16)/t9-/m0/s1. The van der Waals surface area contributed by atoms with Gasteiger partial charge >= 0.3 is 0 Å². The summed E-state index contributed by atoms with van der Waals surface area (Å²) in [5.41, 5.74) is 0.630. The van der Waals surface area contributed by atoms with Crippen LogP contribution >= 0.6 is 11.3 Å². The Labute approximate surface area is 111 Å². The second-order valence-electron chi connectivity index (χ2n) is 4.48. The van der Waals surface area contributed by atoms with Crippen LogP contribution in [0.3, 0.4) is 0 Å². The number of aryl methyl sites for hydroxylation is 2. The average molecular weight is 263 g/mol. The summed E-state index contributed by atoms with van der Waals surface area (Å²) in [7, 11) is 0. The Morgan fingerprint density at radius 3 is 2.83 bits per heavy atom. The molecule has 0 aliphatic rings. The zero-order valence-corrected chi connectivity index (χ0v) is 11.6. The SMILES string of the molecule is Cc1cc(C(=O)N[C@@H](C)Cc2cccs2)c(C)o1. The molecule has 4 heteroatoms. The van der Waals surface area contributed by atoms with E-state index in [0.29, 0.717) is 11.3 Å². The van der Waals surface area contributed by atoms with E-state index in [1.54, 1.807) is 17.4 Å². The third-order valence-electron chi connectivity index (χ3n) is 2.75. The first-order valence-corrected chi connectivity index (χ1v) is 6.84. The van der Waals surface area contributed by atoms with Crippen molar-refractivity contribution in [1.29, 1.82) is 0 Å². The molecule has 0 saturated carbocycles. The van der Waals surface area contributed by atoms with Gasteiger partial charge in [-0.25, -0.2) is 0 Å². The first-order chi connectivity index (χ1) is 8.56. The molecule has 2 rings (SSSR count). The van der Waals surface area contributed by atoms with E-state index in [1.165, 1.54) is 4.88 Å². The molecule has 0 saturated heterocycles. The first kappa shape index (κ1) is 12.9. The van der Waals surface area contributed by atoms with Gasteiger partial charge in [0.2, 0.25) is 0 Å². The van der Waals surface area contributed by atoms with Crippen molar-refractivity contribution in [3.05, 3.63) is 45.5 Å². The van der Waals surface area contributed by atoms with Crippen LogP contribution in [0.2, 0.25) is 0 Å². The van der Waals surface area contributed by atoms with Crippen LogP contribution in [0, 0.1) is 13.8 Å². The van der Waals surface area contributed by atoms with Crippen LogP contribution in [0.15, 0.2) is 28.0 Å². The van der Waals surface area contributed by atoms with Crippen molar-refractivity contribution in [3.63, 3.8) is 0 Å². The number of amides is 1. The van der Waals surface area contributed by atoms with E-state index >= 15 is 0 Å². The second kappa shape index (κ2) is 5.40. The molecule has 2 aromatic heterocycles. The largest absolute Gasteiger partial charge is 0.466 e. The summed E-state index contributed by atoms with van der Waals surface area (Å²) in [6.07, 6.45) is 0.860. The molecular formula is C14H17NO2S. The second-order valence-corrected chi connectivity index (χ2v) is 5.52. The predicted molar refractivity (Wildman–Crippen MR) is 73.1 cm³/mol. The molecule has 3 nitrogen and oxygen atoms in total. The molecule has 18 heavy (non-hydrogen) atoms. The van der Waals surface area contributed by atoms with Crippen molar-refractivity contribution in [2.24, 2.45) is 0 Å². The number of hydrogen-bond donors (Lipinski definition) is 1. The number of carbonyl (C=O) groups excluding carboxylic acids is 1. The number of hydrogen-bond acceptors (Lipinski definition) is 3. The highest BCUT2D eigenvalue weighted by molar-refractivity contribution is 7.09. The van der Waals surface area contributed by atoms with Crippen molar-refractivity contribution >= 4 is 17.2 Å². The maximum Gasteiger partial charge on any atom is 0.255 e.